The molecule has 2 aromatic rings. The number of hydrogen-bond donors (Lipinski definition) is 2. The van der Waals surface area contributed by atoms with Crippen LogP contribution in [0.5, 0.6) is 0 Å². The number of anilines is 1. The Bertz CT molecular complexity index is 710. The van der Waals surface area contributed by atoms with E-state index in [1.54, 1.807) is 12.1 Å². The van der Waals surface area contributed by atoms with E-state index in [-0.39, 0.29) is 16.1 Å². The van der Waals surface area contributed by atoms with Gasteiger partial charge in [-0.15, -0.1) is 0 Å². The van der Waals surface area contributed by atoms with Gasteiger partial charge >= 0.3 is 0 Å². The van der Waals surface area contributed by atoms with Gasteiger partial charge in [0.25, 0.3) is 10.0 Å². The van der Waals surface area contributed by atoms with Crippen molar-refractivity contribution in [3.63, 3.8) is 0 Å². The molecule has 1 aromatic heterocycles. The highest BCUT2D eigenvalue weighted by atomic mass is 79.9. The molecule has 0 saturated heterocycles. The maximum absolute atomic E-state index is 12.3. The fraction of sp³-hybridized carbons (Fsp3) is 0.231. The zero-order chi connectivity index (χ0) is 14.8. The second-order valence-corrected chi connectivity index (χ2v) is 6.59. The maximum Gasteiger partial charge on any atom is 0.266 e. The highest BCUT2D eigenvalue weighted by Crippen LogP contribution is 2.27. The molecule has 0 radical (unpaired) electrons. The number of aryl methyl sites for hydroxylation is 1. The minimum absolute atomic E-state index is 0.0415. The molecule has 5 nitrogen and oxygen atoms in total. The predicted octanol–water partition coefficient (Wildman–Crippen LogP) is 2.86. The second-order valence-electron chi connectivity index (χ2n) is 4.21. The fourth-order valence-electron chi connectivity index (χ4n) is 1.75. The van der Waals surface area contributed by atoms with Gasteiger partial charge in [-0.05, 0) is 40.0 Å². The molecule has 1 aromatic carbocycles. The quantitative estimate of drug-likeness (QED) is 0.860. The van der Waals surface area contributed by atoms with E-state index < -0.39 is 10.0 Å². The van der Waals surface area contributed by atoms with Gasteiger partial charge in [0.1, 0.15) is 10.7 Å². The van der Waals surface area contributed by atoms with E-state index in [0.717, 1.165) is 12.0 Å². The van der Waals surface area contributed by atoms with Crippen LogP contribution in [0.2, 0.25) is 0 Å². The van der Waals surface area contributed by atoms with Gasteiger partial charge in [0.2, 0.25) is 0 Å². The van der Waals surface area contributed by atoms with Crippen molar-refractivity contribution < 1.29 is 12.8 Å². The van der Waals surface area contributed by atoms with Crippen LogP contribution < -0.4 is 10.5 Å². The third kappa shape index (κ3) is 3.23. The Labute approximate surface area is 126 Å². The molecule has 0 bridgehead atoms. The summed E-state index contributed by atoms with van der Waals surface area (Å²) in [5.74, 6) is 0.402. The lowest BCUT2D eigenvalue weighted by Gasteiger charge is -2.07. The van der Waals surface area contributed by atoms with Crippen molar-refractivity contribution in [1.29, 1.82) is 0 Å². The summed E-state index contributed by atoms with van der Waals surface area (Å²) in [5.41, 5.74) is 7.01. The van der Waals surface area contributed by atoms with Crippen molar-refractivity contribution in [2.24, 2.45) is 5.73 Å². The molecule has 20 heavy (non-hydrogen) atoms. The third-order valence-electron chi connectivity index (χ3n) is 2.78. The van der Waals surface area contributed by atoms with Gasteiger partial charge in [-0.2, -0.15) is 0 Å². The first kappa shape index (κ1) is 15.1. The molecule has 0 aliphatic carbocycles. The van der Waals surface area contributed by atoms with E-state index in [1.165, 1.54) is 6.07 Å². The Morgan fingerprint density at radius 1 is 1.35 bits per heavy atom. The van der Waals surface area contributed by atoms with Crippen LogP contribution in [0.1, 0.15) is 18.2 Å². The normalized spacial score (nSPS) is 11.6. The minimum atomic E-state index is -3.70. The van der Waals surface area contributed by atoms with Gasteiger partial charge in [0.15, 0.2) is 4.67 Å². The number of rotatable bonds is 5. The molecule has 0 saturated carbocycles. The minimum Gasteiger partial charge on any atom is -0.452 e. The number of halogens is 1. The Kier molecular flexibility index (Phi) is 4.52. The lowest BCUT2D eigenvalue weighted by Crippen LogP contribution is -2.12. The van der Waals surface area contributed by atoms with Gasteiger partial charge in [0, 0.05) is 11.8 Å². The molecule has 7 heteroatoms. The Hall–Kier alpha value is -1.31. The molecule has 0 fully saturated rings. The average molecular weight is 359 g/mol. The van der Waals surface area contributed by atoms with Crippen molar-refractivity contribution in [3.05, 3.63) is 46.3 Å². The zero-order valence-corrected chi connectivity index (χ0v) is 13.3. The number of hydrogen-bond acceptors (Lipinski definition) is 4. The van der Waals surface area contributed by atoms with Crippen LogP contribution in [0.25, 0.3) is 0 Å². The van der Waals surface area contributed by atoms with Crippen molar-refractivity contribution in [2.45, 2.75) is 24.8 Å². The van der Waals surface area contributed by atoms with Gasteiger partial charge < -0.3 is 10.2 Å². The summed E-state index contributed by atoms with van der Waals surface area (Å²) < 4.78 is 32.5. The van der Waals surface area contributed by atoms with E-state index in [1.807, 2.05) is 19.1 Å². The SMILES string of the molecule is CCc1cccc(NS(=O)(=O)c2cc(CN)oc2Br)c1. The summed E-state index contributed by atoms with van der Waals surface area (Å²) in [7, 11) is -3.70. The van der Waals surface area contributed by atoms with Crippen molar-refractivity contribution in [1.82, 2.24) is 0 Å². The molecule has 0 aliphatic heterocycles. The number of nitrogens with two attached hydrogens (primary N) is 1. The number of sulfonamides is 1. The van der Waals surface area contributed by atoms with E-state index in [9.17, 15) is 8.42 Å². The topological polar surface area (TPSA) is 85.3 Å². The van der Waals surface area contributed by atoms with Gasteiger partial charge in [-0.25, -0.2) is 8.42 Å². The molecule has 2 rings (SSSR count). The molecule has 0 amide bonds. The third-order valence-corrected chi connectivity index (χ3v) is 5.02. The lowest BCUT2D eigenvalue weighted by atomic mass is 10.1. The zero-order valence-electron chi connectivity index (χ0n) is 10.9. The van der Waals surface area contributed by atoms with E-state index in [4.69, 9.17) is 10.2 Å². The Morgan fingerprint density at radius 2 is 2.10 bits per heavy atom. The first-order chi connectivity index (χ1) is 9.46. The van der Waals surface area contributed by atoms with Crippen LogP contribution in [0, 0.1) is 0 Å². The first-order valence-electron chi connectivity index (χ1n) is 6.06. The van der Waals surface area contributed by atoms with Gasteiger partial charge in [0.05, 0.1) is 6.54 Å². The van der Waals surface area contributed by atoms with Gasteiger partial charge in [-0.3, -0.25) is 4.72 Å². The van der Waals surface area contributed by atoms with E-state index >= 15 is 0 Å². The average Bonchev–Trinajstić information content (AvgIpc) is 2.80. The Balaban J connectivity index is 2.32. The monoisotopic (exact) mass is 358 g/mol. The molecule has 0 unspecified atom stereocenters. The Morgan fingerprint density at radius 3 is 2.70 bits per heavy atom. The maximum atomic E-state index is 12.3. The van der Waals surface area contributed by atoms with E-state index in [2.05, 4.69) is 20.7 Å². The molecule has 108 valence electrons. The van der Waals surface area contributed by atoms with Gasteiger partial charge in [-0.1, -0.05) is 19.1 Å². The van der Waals surface area contributed by atoms with Crippen LogP contribution in [0.15, 0.2) is 44.3 Å². The van der Waals surface area contributed by atoms with Crippen LogP contribution in [-0.4, -0.2) is 8.42 Å². The summed E-state index contributed by atoms with van der Waals surface area (Å²) in [4.78, 5) is 0.0415. The molecule has 0 aliphatic rings. The number of nitrogens with one attached hydrogen (secondary N) is 1. The number of benzene rings is 1. The molecule has 0 spiro atoms. The molecule has 3 N–H and O–H groups in total. The fourth-order valence-corrected chi connectivity index (χ4v) is 3.79. The predicted molar refractivity (Wildman–Crippen MR) is 80.9 cm³/mol. The summed E-state index contributed by atoms with van der Waals surface area (Å²) >= 11 is 3.09. The lowest BCUT2D eigenvalue weighted by molar-refractivity contribution is 0.484. The summed E-state index contributed by atoms with van der Waals surface area (Å²) in [6.07, 6.45) is 0.836. The van der Waals surface area contributed by atoms with Crippen LogP contribution in [0.3, 0.4) is 0 Å². The highest BCUT2D eigenvalue weighted by Gasteiger charge is 2.22. The van der Waals surface area contributed by atoms with E-state index in [0.29, 0.717) is 11.4 Å². The molecular weight excluding hydrogens is 344 g/mol. The van der Waals surface area contributed by atoms with Crippen molar-refractivity contribution >= 4 is 31.6 Å². The first-order valence-corrected chi connectivity index (χ1v) is 8.34. The molecular formula is C13H15BrN2O3S. The van der Waals surface area contributed by atoms with Crippen molar-refractivity contribution in [2.75, 3.05) is 4.72 Å². The smallest absolute Gasteiger partial charge is 0.266 e. The largest absolute Gasteiger partial charge is 0.452 e. The molecule has 0 atom stereocenters. The standard InChI is InChI=1S/C13H15BrN2O3S/c1-2-9-4-3-5-10(6-9)16-20(17,18)12-7-11(8-15)19-13(12)14/h3-7,16H,2,8,15H2,1H3. The van der Waals surface area contributed by atoms with Crippen LogP contribution >= 0.6 is 15.9 Å². The van der Waals surface area contributed by atoms with Crippen molar-refractivity contribution in [3.8, 4) is 0 Å². The molecule has 1 heterocycles. The second kappa shape index (κ2) is 5.99. The van der Waals surface area contributed by atoms with Crippen LogP contribution in [0.4, 0.5) is 5.69 Å². The summed E-state index contributed by atoms with van der Waals surface area (Å²) in [5, 5.41) is 0. The van der Waals surface area contributed by atoms with Crippen LogP contribution in [-0.2, 0) is 23.0 Å². The summed E-state index contributed by atoms with van der Waals surface area (Å²) in [6.45, 7) is 2.15. The summed E-state index contributed by atoms with van der Waals surface area (Å²) in [6, 6.07) is 8.67. The highest BCUT2D eigenvalue weighted by molar-refractivity contribution is 9.10. The number of furan rings is 1.